The van der Waals surface area contributed by atoms with Crippen LogP contribution in [0.3, 0.4) is 0 Å². The summed E-state index contributed by atoms with van der Waals surface area (Å²) in [5, 5.41) is 8.69. The summed E-state index contributed by atoms with van der Waals surface area (Å²) in [4.78, 5) is 32.2. The Morgan fingerprint density at radius 1 is 1.44 bits per heavy atom. The molecule has 6 nitrogen and oxygen atoms in total. The van der Waals surface area contributed by atoms with Crippen LogP contribution in [-0.4, -0.2) is 44.4 Å². The SMILES string of the molecule is Cc1ncncc1C(=O)N(CCC(=O)O)C(C)C. The molecule has 1 heterocycles. The van der Waals surface area contributed by atoms with E-state index in [2.05, 4.69) is 9.97 Å². The van der Waals surface area contributed by atoms with Crippen molar-refractivity contribution < 1.29 is 14.7 Å². The number of aliphatic carboxylic acids is 1. The Morgan fingerprint density at radius 3 is 2.61 bits per heavy atom. The lowest BCUT2D eigenvalue weighted by atomic mass is 10.2. The first-order valence-electron chi connectivity index (χ1n) is 5.73. The number of carbonyl (C=O) groups excluding carboxylic acids is 1. The molecule has 0 aliphatic heterocycles. The van der Waals surface area contributed by atoms with E-state index in [1.807, 2.05) is 13.8 Å². The number of aryl methyl sites for hydroxylation is 1. The van der Waals surface area contributed by atoms with Crippen molar-refractivity contribution in [3.8, 4) is 0 Å². The molecule has 1 rings (SSSR count). The normalized spacial score (nSPS) is 10.4. The summed E-state index contributed by atoms with van der Waals surface area (Å²) in [6.45, 7) is 5.60. The van der Waals surface area contributed by atoms with E-state index in [9.17, 15) is 9.59 Å². The predicted molar refractivity (Wildman–Crippen MR) is 65.2 cm³/mol. The van der Waals surface area contributed by atoms with Gasteiger partial charge in [-0.05, 0) is 20.8 Å². The summed E-state index contributed by atoms with van der Waals surface area (Å²) >= 11 is 0. The molecule has 0 aliphatic rings. The molecule has 0 bridgehead atoms. The number of aromatic nitrogens is 2. The highest BCUT2D eigenvalue weighted by molar-refractivity contribution is 5.95. The molecular weight excluding hydrogens is 234 g/mol. The topological polar surface area (TPSA) is 83.4 Å². The molecule has 1 aromatic heterocycles. The van der Waals surface area contributed by atoms with Gasteiger partial charge in [0.25, 0.3) is 5.91 Å². The molecule has 18 heavy (non-hydrogen) atoms. The second kappa shape index (κ2) is 6.09. The van der Waals surface area contributed by atoms with Crippen LogP contribution >= 0.6 is 0 Å². The lowest BCUT2D eigenvalue weighted by Gasteiger charge is -2.26. The Kier molecular flexibility index (Phi) is 4.76. The summed E-state index contributed by atoms with van der Waals surface area (Å²) in [6.07, 6.45) is 2.76. The van der Waals surface area contributed by atoms with Gasteiger partial charge in [-0.2, -0.15) is 0 Å². The van der Waals surface area contributed by atoms with Crippen molar-refractivity contribution in [2.75, 3.05) is 6.54 Å². The molecular formula is C12H17N3O3. The number of hydrogen-bond donors (Lipinski definition) is 1. The minimum atomic E-state index is -0.922. The molecule has 0 atom stereocenters. The van der Waals surface area contributed by atoms with Gasteiger partial charge in [-0.3, -0.25) is 9.59 Å². The number of carboxylic acids is 1. The molecule has 1 aromatic rings. The van der Waals surface area contributed by atoms with E-state index in [-0.39, 0.29) is 24.9 Å². The number of carboxylic acid groups (broad SMARTS) is 1. The van der Waals surface area contributed by atoms with Crippen LogP contribution in [-0.2, 0) is 4.79 Å². The van der Waals surface area contributed by atoms with E-state index in [0.29, 0.717) is 11.3 Å². The fourth-order valence-electron chi connectivity index (χ4n) is 1.57. The van der Waals surface area contributed by atoms with E-state index < -0.39 is 5.97 Å². The average molecular weight is 251 g/mol. The maximum atomic E-state index is 12.3. The second-order valence-electron chi connectivity index (χ2n) is 4.26. The van der Waals surface area contributed by atoms with E-state index in [4.69, 9.17) is 5.11 Å². The first kappa shape index (κ1) is 14.1. The largest absolute Gasteiger partial charge is 0.481 e. The van der Waals surface area contributed by atoms with Gasteiger partial charge < -0.3 is 10.0 Å². The molecule has 0 aliphatic carbocycles. The van der Waals surface area contributed by atoms with Crippen LogP contribution < -0.4 is 0 Å². The average Bonchev–Trinajstić information content (AvgIpc) is 2.28. The highest BCUT2D eigenvalue weighted by atomic mass is 16.4. The quantitative estimate of drug-likeness (QED) is 0.847. The van der Waals surface area contributed by atoms with Crippen LogP contribution in [0.5, 0.6) is 0 Å². The fourth-order valence-corrected chi connectivity index (χ4v) is 1.57. The maximum absolute atomic E-state index is 12.3. The molecule has 1 N–H and O–H groups in total. The fraction of sp³-hybridized carbons (Fsp3) is 0.500. The number of rotatable bonds is 5. The van der Waals surface area contributed by atoms with Crippen LogP contribution in [0.15, 0.2) is 12.5 Å². The zero-order valence-electron chi connectivity index (χ0n) is 10.8. The Bertz CT molecular complexity index is 446. The summed E-state index contributed by atoms with van der Waals surface area (Å²) in [5.41, 5.74) is 1.01. The Hall–Kier alpha value is -1.98. The smallest absolute Gasteiger partial charge is 0.305 e. The lowest BCUT2D eigenvalue weighted by molar-refractivity contribution is -0.137. The highest BCUT2D eigenvalue weighted by Gasteiger charge is 2.21. The molecule has 0 saturated heterocycles. The number of carbonyl (C=O) groups is 2. The van der Waals surface area contributed by atoms with Gasteiger partial charge in [0.1, 0.15) is 6.33 Å². The van der Waals surface area contributed by atoms with Crippen LogP contribution in [0.1, 0.15) is 36.3 Å². The zero-order valence-corrected chi connectivity index (χ0v) is 10.8. The minimum Gasteiger partial charge on any atom is -0.481 e. The van der Waals surface area contributed by atoms with E-state index >= 15 is 0 Å². The predicted octanol–water partition coefficient (Wildman–Crippen LogP) is 1.11. The Labute approximate surface area is 106 Å². The molecule has 1 amide bonds. The van der Waals surface area contributed by atoms with Crippen LogP contribution in [0, 0.1) is 6.92 Å². The standard InChI is InChI=1S/C12H17N3O3/c1-8(2)15(5-4-11(16)17)12(18)10-6-13-7-14-9(10)3/h6-8H,4-5H2,1-3H3,(H,16,17). The number of amides is 1. The number of nitrogens with zero attached hydrogens (tertiary/aromatic N) is 3. The van der Waals surface area contributed by atoms with Crippen molar-refractivity contribution in [1.29, 1.82) is 0 Å². The van der Waals surface area contributed by atoms with E-state index in [1.54, 1.807) is 6.92 Å². The third-order valence-electron chi connectivity index (χ3n) is 2.59. The van der Waals surface area contributed by atoms with Gasteiger partial charge in [0.2, 0.25) is 0 Å². The van der Waals surface area contributed by atoms with Gasteiger partial charge in [-0.25, -0.2) is 9.97 Å². The Morgan fingerprint density at radius 2 is 2.11 bits per heavy atom. The highest BCUT2D eigenvalue weighted by Crippen LogP contribution is 2.10. The third kappa shape index (κ3) is 3.51. The van der Waals surface area contributed by atoms with Gasteiger partial charge in [0.15, 0.2) is 0 Å². The molecule has 0 spiro atoms. The van der Waals surface area contributed by atoms with Crippen molar-refractivity contribution in [3.05, 3.63) is 23.8 Å². The summed E-state index contributed by atoms with van der Waals surface area (Å²) in [6, 6.07) is -0.0727. The first-order valence-corrected chi connectivity index (χ1v) is 5.73. The van der Waals surface area contributed by atoms with Crippen molar-refractivity contribution >= 4 is 11.9 Å². The molecule has 98 valence electrons. The van der Waals surface area contributed by atoms with Crippen molar-refractivity contribution in [3.63, 3.8) is 0 Å². The second-order valence-corrected chi connectivity index (χ2v) is 4.26. The molecule has 0 unspecified atom stereocenters. The summed E-state index contributed by atoms with van der Waals surface area (Å²) in [7, 11) is 0. The number of hydrogen-bond acceptors (Lipinski definition) is 4. The summed E-state index contributed by atoms with van der Waals surface area (Å²) < 4.78 is 0. The molecule has 6 heteroatoms. The van der Waals surface area contributed by atoms with Gasteiger partial charge >= 0.3 is 5.97 Å². The zero-order chi connectivity index (χ0) is 13.7. The Balaban J connectivity index is 2.90. The van der Waals surface area contributed by atoms with Crippen molar-refractivity contribution in [1.82, 2.24) is 14.9 Å². The first-order chi connectivity index (χ1) is 8.43. The van der Waals surface area contributed by atoms with Crippen LogP contribution in [0.25, 0.3) is 0 Å². The molecule has 0 fully saturated rings. The minimum absolute atomic E-state index is 0.0727. The summed E-state index contributed by atoms with van der Waals surface area (Å²) in [5.74, 6) is -1.15. The van der Waals surface area contributed by atoms with E-state index in [1.165, 1.54) is 17.4 Å². The molecule has 0 radical (unpaired) electrons. The molecule has 0 saturated carbocycles. The maximum Gasteiger partial charge on any atom is 0.305 e. The third-order valence-corrected chi connectivity index (χ3v) is 2.59. The van der Waals surface area contributed by atoms with Gasteiger partial charge in [0, 0.05) is 18.8 Å². The van der Waals surface area contributed by atoms with Crippen molar-refractivity contribution in [2.45, 2.75) is 33.2 Å². The van der Waals surface area contributed by atoms with Crippen LogP contribution in [0.2, 0.25) is 0 Å². The van der Waals surface area contributed by atoms with Crippen molar-refractivity contribution in [2.24, 2.45) is 0 Å². The van der Waals surface area contributed by atoms with Gasteiger partial charge in [0.05, 0.1) is 17.7 Å². The monoisotopic (exact) mass is 251 g/mol. The molecule has 0 aromatic carbocycles. The van der Waals surface area contributed by atoms with Gasteiger partial charge in [-0.15, -0.1) is 0 Å². The van der Waals surface area contributed by atoms with Crippen LogP contribution in [0.4, 0.5) is 0 Å². The van der Waals surface area contributed by atoms with E-state index in [0.717, 1.165) is 0 Å². The lowest BCUT2D eigenvalue weighted by Crippen LogP contribution is -2.39. The van der Waals surface area contributed by atoms with Gasteiger partial charge in [-0.1, -0.05) is 0 Å².